The second kappa shape index (κ2) is 10.6. The third-order valence-electron chi connectivity index (χ3n) is 7.00. The maximum Gasteiger partial charge on any atom is 0.272 e. The van der Waals surface area contributed by atoms with Crippen molar-refractivity contribution in [3.63, 3.8) is 0 Å². The van der Waals surface area contributed by atoms with Gasteiger partial charge in [0.15, 0.2) is 5.69 Å². The standard InChI is InChI=1S/C25H33FN6O3/c1-25(24(35)28-16-18-7-9-19(26)10-8-18)17-32-21(23(34)30(25)2)15-20(29-32)22(33)27-11-14-31-12-5-3-4-6-13-31/h7-10,15H,3-6,11-14,16-17H2,1-2H3,(H,27,33)(H,28,35). The number of carbonyl (C=O) groups excluding carboxylic acids is 3. The van der Waals surface area contributed by atoms with Gasteiger partial charge in [0.25, 0.3) is 11.8 Å². The highest BCUT2D eigenvalue weighted by atomic mass is 19.1. The molecule has 10 heteroatoms. The molecule has 1 unspecified atom stereocenters. The minimum Gasteiger partial charge on any atom is -0.350 e. The van der Waals surface area contributed by atoms with Crippen LogP contribution >= 0.6 is 0 Å². The van der Waals surface area contributed by atoms with E-state index in [0.29, 0.717) is 6.54 Å². The number of likely N-dealkylation sites (N-methyl/N-ethyl adjacent to an activating group) is 1. The first-order valence-corrected chi connectivity index (χ1v) is 12.2. The van der Waals surface area contributed by atoms with Crippen molar-refractivity contribution in [1.29, 1.82) is 0 Å². The summed E-state index contributed by atoms with van der Waals surface area (Å²) in [4.78, 5) is 42.6. The topological polar surface area (TPSA) is 99.6 Å². The van der Waals surface area contributed by atoms with E-state index in [1.165, 1.54) is 53.5 Å². The van der Waals surface area contributed by atoms with Crippen molar-refractivity contribution in [3.05, 3.63) is 53.1 Å². The van der Waals surface area contributed by atoms with Gasteiger partial charge in [-0.05, 0) is 50.6 Å². The molecule has 0 spiro atoms. The second-order valence-electron chi connectivity index (χ2n) is 9.53. The van der Waals surface area contributed by atoms with Crippen LogP contribution < -0.4 is 10.6 Å². The van der Waals surface area contributed by atoms with Gasteiger partial charge in [-0.2, -0.15) is 5.10 Å². The number of carbonyl (C=O) groups is 3. The van der Waals surface area contributed by atoms with E-state index in [-0.39, 0.29) is 48.0 Å². The van der Waals surface area contributed by atoms with Crippen LogP contribution in [-0.2, 0) is 17.9 Å². The summed E-state index contributed by atoms with van der Waals surface area (Å²) in [6.07, 6.45) is 4.89. The summed E-state index contributed by atoms with van der Waals surface area (Å²) < 4.78 is 14.6. The quantitative estimate of drug-likeness (QED) is 0.624. The molecule has 0 aliphatic carbocycles. The molecule has 2 N–H and O–H groups in total. The van der Waals surface area contributed by atoms with Gasteiger partial charge in [0, 0.05) is 32.7 Å². The number of hydrogen-bond donors (Lipinski definition) is 2. The van der Waals surface area contributed by atoms with Gasteiger partial charge < -0.3 is 20.4 Å². The van der Waals surface area contributed by atoms with Crippen LogP contribution in [0.2, 0.25) is 0 Å². The number of fused-ring (bicyclic) bond motifs is 1. The summed E-state index contributed by atoms with van der Waals surface area (Å²) in [6, 6.07) is 7.33. The molecule has 1 aromatic carbocycles. The smallest absolute Gasteiger partial charge is 0.272 e. The van der Waals surface area contributed by atoms with Gasteiger partial charge >= 0.3 is 0 Å². The number of aromatic nitrogens is 2. The molecule has 1 aromatic heterocycles. The molecule has 1 fully saturated rings. The zero-order valence-corrected chi connectivity index (χ0v) is 20.3. The first-order chi connectivity index (χ1) is 16.8. The fraction of sp³-hybridized carbons (Fsp3) is 0.520. The molecular weight excluding hydrogens is 451 g/mol. The molecule has 0 bridgehead atoms. The van der Waals surface area contributed by atoms with Crippen molar-refractivity contribution in [2.24, 2.45) is 0 Å². The minimum atomic E-state index is -1.20. The molecule has 4 rings (SSSR count). The summed E-state index contributed by atoms with van der Waals surface area (Å²) in [5.41, 5.74) is -0.0222. The lowest BCUT2D eigenvalue weighted by Gasteiger charge is -2.40. The number of benzene rings is 1. The first kappa shape index (κ1) is 24.8. The zero-order valence-electron chi connectivity index (χ0n) is 20.3. The number of hydrogen-bond acceptors (Lipinski definition) is 5. The molecule has 1 atom stereocenters. The summed E-state index contributed by atoms with van der Waals surface area (Å²) in [6.45, 7) is 5.38. The fourth-order valence-electron chi connectivity index (χ4n) is 4.59. The fourth-order valence-corrected chi connectivity index (χ4v) is 4.59. The Morgan fingerprint density at radius 1 is 1.09 bits per heavy atom. The van der Waals surface area contributed by atoms with Crippen LogP contribution in [0.4, 0.5) is 4.39 Å². The number of nitrogens with zero attached hydrogens (tertiary/aromatic N) is 4. The molecular formula is C25H33FN6O3. The second-order valence-corrected chi connectivity index (χ2v) is 9.53. The van der Waals surface area contributed by atoms with E-state index < -0.39 is 5.54 Å². The van der Waals surface area contributed by atoms with Gasteiger partial charge in [0.1, 0.15) is 17.1 Å². The molecule has 2 aromatic rings. The molecule has 2 aliphatic rings. The van der Waals surface area contributed by atoms with Crippen LogP contribution in [0.3, 0.4) is 0 Å². The lowest BCUT2D eigenvalue weighted by atomic mass is 9.96. The van der Waals surface area contributed by atoms with Crippen molar-refractivity contribution >= 4 is 17.7 Å². The average molecular weight is 485 g/mol. The molecule has 9 nitrogen and oxygen atoms in total. The highest BCUT2D eigenvalue weighted by Gasteiger charge is 2.46. The number of halogens is 1. The Morgan fingerprint density at radius 3 is 2.46 bits per heavy atom. The van der Waals surface area contributed by atoms with Gasteiger partial charge in [0.2, 0.25) is 5.91 Å². The van der Waals surface area contributed by atoms with Crippen LogP contribution in [-0.4, -0.2) is 76.1 Å². The predicted molar refractivity (Wildman–Crippen MR) is 128 cm³/mol. The Balaban J connectivity index is 1.38. The Morgan fingerprint density at radius 2 is 1.77 bits per heavy atom. The SMILES string of the molecule is CN1C(=O)c2cc(C(=O)NCCN3CCCCCC3)nn2CC1(C)C(=O)NCc1ccc(F)cc1. The number of amides is 3. The van der Waals surface area contributed by atoms with Crippen molar-refractivity contribution in [1.82, 2.24) is 30.2 Å². The monoisotopic (exact) mass is 484 g/mol. The molecule has 3 heterocycles. The van der Waals surface area contributed by atoms with Crippen molar-refractivity contribution in [3.8, 4) is 0 Å². The van der Waals surface area contributed by atoms with E-state index in [2.05, 4.69) is 20.6 Å². The lowest BCUT2D eigenvalue weighted by molar-refractivity contribution is -0.132. The van der Waals surface area contributed by atoms with Crippen molar-refractivity contribution in [2.75, 3.05) is 33.2 Å². The van der Waals surface area contributed by atoms with E-state index in [1.54, 1.807) is 26.1 Å². The van der Waals surface area contributed by atoms with Gasteiger partial charge in [-0.25, -0.2) is 4.39 Å². The Hall–Kier alpha value is -3.27. The third kappa shape index (κ3) is 5.53. The molecule has 0 saturated carbocycles. The highest BCUT2D eigenvalue weighted by Crippen LogP contribution is 2.26. The number of nitrogens with one attached hydrogen (secondary N) is 2. The van der Waals surface area contributed by atoms with Crippen LogP contribution in [0.25, 0.3) is 0 Å². The maximum absolute atomic E-state index is 13.1. The van der Waals surface area contributed by atoms with E-state index in [9.17, 15) is 18.8 Å². The summed E-state index contributed by atoms with van der Waals surface area (Å²) >= 11 is 0. The summed E-state index contributed by atoms with van der Waals surface area (Å²) in [5.74, 6) is -1.42. The van der Waals surface area contributed by atoms with Crippen molar-refractivity contribution in [2.45, 2.75) is 51.2 Å². The van der Waals surface area contributed by atoms with Crippen LogP contribution in [0.5, 0.6) is 0 Å². The maximum atomic E-state index is 13.1. The van der Waals surface area contributed by atoms with E-state index in [1.807, 2.05) is 0 Å². The number of likely N-dealkylation sites (tertiary alicyclic amines) is 1. The van der Waals surface area contributed by atoms with Gasteiger partial charge in [-0.3, -0.25) is 19.1 Å². The van der Waals surface area contributed by atoms with E-state index in [0.717, 1.165) is 25.2 Å². The Kier molecular flexibility index (Phi) is 7.49. The third-order valence-corrected chi connectivity index (χ3v) is 7.00. The Bertz CT molecular complexity index is 1080. The van der Waals surface area contributed by atoms with Crippen LogP contribution in [0.15, 0.2) is 30.3 Å². The minimum absolute atomic E-state index is 0.112. The van der Waals surface area contributed by atoms with Gasteiger partial charge in [-0.1, -0.05) is 25.0 Å². The summed E-state index contributed by atoms with van der Waals surface area (Å²) in [7, 11) is 1.57. The van der Waals surface area contributed by atoms with Crippen LogP contribution in [0.1, 0.15) is 59.1 Å². The van der Waals surface area contributed by atoms with E-state index in [4.69, 9.17) is 0 Å². The highest BCUT2D eigenvalue weighted by molar-refractivity contribution is 6.01. The molecule has 188 valence electrons. The predicted octanol–water partition coefficient (Wildman–Crippen LogP) is 1.79. The van der Waals surface area contributed by atoms with E-state index >= 15 is 0 Å². The van der Waals surface area contributed by atoms with Crippen LogP contribution in [0, 0.1) is 5.82 Å². The molecule has 1 saturated heterocycles. The van der Waals surface area contributed by atoms with Gasteiger partial charge in [0.05, 0.1) is 6.54 Å². The zero-order chi connectivity index (χ0) is 25.0. The first-order valence-electron chi connectivity index (χ1n) is 12.2. The average Bonchev–Trinajstić information content (AvgIpc) is 3.09. The normalized spacial score (nSPS) is 20.8. The lowest BCUT2D eigenvalue weighted by Crippen LogP contribution is -2.62. The molecule has 3 amide bonds. The summed E-state index contributed by atoms with van der Waals surface area (Å²) in [5, 5.41) is 10.1. The van der Waals surface area contributed by atoms with Gasteiger partial charge in [-0.15, -0.1) is 0 Å². The molecule has 35 heavy (non-hydrogen) atoms. The molecule has 2 aliphatic heterocycles. The molecule has 0 radical (unpaired) electrons. The van der Waals surface area contributed by atoms with Crippen molar-refractivity contribution < 1.29 is 18.8 Å². The largest absolute Gasteiger partial charge is 0.350 e. The Labute approximate surface area is 204 Å². The number of rotatable bonds is 7.